The maximum absolute atomic E-state index is 12.9. The van der Waals surface area contributed by atoms with E-state index < -0.39 is 60.2 Å². The molecule has 1 fully saturated rings. The Labute approximate surface area is 174 Å². The van der Waals surface area contributed by atoms with Gasteiger partial charge in [-0.2, -0.15) is 0 Å². The first-order valence-electron chi connectivity index (χ1n) is 9.96. The highest BCUT2D eigenvalue weighted by molar-refractivity contribution is 5.96. The molecule has 0 saturated carbocycles. The molecule has 1 heterocycles. The second-order valence-electron chi connectivity index (χ2n) is 7.39. The summed E-state index contributed by atoms with van der Waals surface area (Å²) in [7, 11) is 0. The van der Waals surface area contributed by atoms with Gasteiger partial charge in [0.25, 0.3) is 0 Å². The van der Waals surface area contributed by atoms with E-state index in [-0.39, 0.29) is 19.4 Å². The summed E-state index contributed by atoms with van der Waals surface area (Å²) < 4.78 is 0. The number of carboxylic acids is 1. The van der Waals surface area contributed by atoms with Gasteiger partial charge in [0.15, 0.2) is 0 Å². The SMILES string of the molecule is CC(N)C(=O)NC(CCCCN)C(=O)NC(CC(N)=O)C(=O)N1CCCC1C(=O)O. The summed E-state index contributed by atoms with van der Waals surface area (Å²) >= 11 is 0. The van der Waals surface area contributed by atoms with Crippen LogP contribution in [0.1, 0.15) is 45.4 Å². The number of primary amides is 1. The number of likely N-dealkylation sites (tertiary alicyclic amines) is 1. The minimum Gasteiger partial charge on any atom is -0.480 e. The van der Waals surface area contributed by atoms with Gasteiger partial charge in [-0.1, -0.05) is 0 Å². The third-order valence-electron chi connectivity index (χ3n) is 4.83. The van der Waals surface area contributed by atoms with Gasteiger partial charge in [-0.25, -0.2) is 4.79 Å². The van der Waals surface area contributed by atoms with Gasteiger partial charge in [0.2, 0.25) is 23.6 Å². The minimum atomic E-state index is -1.33. The van der Waals surface area contributed by atoms with E-state index in [4.69, 9.17) is 17.2 Å². The van der Waals surface area contributed by atoms with Gasteiger partial charge in [-0.3, -0.25) is 19.2 Å². The van der Waals surface area contributed by atoms with E-state index in [1.54, 1.807) is 0 Å². The quantitative estimate of drug-likeness (QED) is 0.181. The third kappa shape index (κ3) is 7.59. The first kappa shape index (κ1) is 25.3. The van der Waals surface area contributed by atoms with Crippen molar-refractivity contribution in [1.82, 2.24) is 15.5 Å². The molecule has 4 unspecified atom stereocenters. The minimum absolute atomic E-state index is 0.197. The van der Waals surface area contributed by atoms with Crippen molar-refractivity contribution in [3.8, 4) is 0 Å². The molecule has 1 aliphatic rings. The second kappa shape index (κ2) is 12.1. The highest BCUT2D eigenvalue weighted by atomic mass is 16.4. The van der Waals surface area contributed by atoms with Gasteiger partial charge in [-0.15, -0.1) is 0 Å². The highest BCUT2D eigenvalue weighted by Crippen LogP contribution is 2.19. The zero-order valence-corrected chi connectivity index (χ0v) is 17.1. The van der Waals surface area contributed by atoms with Crippen LogP contribution in [0.3, 0.4) is 0 Å². The van der Waals surface area contributed by atoms with Gasteiger partial charge in [0, 0.05) is 6.54 Å². The summed E-state index contributed by atoms with van der Waals surface area (Å²) in [5.74, 6) is -3.93. The number of aliphatic carboxylic acids is 1. The summed E-state index contributed by atoms with van der Waals surface area (Å²) in [6.07, 6.45) is 1.69. The Balaban J connectivity index is 2.96. The number of carboxylic acid groups (broad SMARTS) is 1. The van der Waals surface area contributed by atoms with Crippen LogP contribution in [0.25, 0.3) is 0 Å². The van der Waals surface area contributed by atoms with E-state index in [9.17, 15) is 29.1 Å². The lowest BCUT2D eigenvalue weighted by molar-refractivity contribution is -0.149. The van der Waals surface area contributed by atoms with Crippen molar-refractivity contribution >= 4 is 29.6 Å². The van der Waals surface area contributed by atoms with Crippen molar-refractivity contribution < 1.29 is 29.1 Å². The lowest BCUT2D eigenvalue weighted by Crippen LogP contribution is -2.57. The molecule has 4 amide bonds. The Hall–Kier alpha value is -2.73. The normalized spacial score (nSPS) is 18.9. The molecule has 1 saturated heterocycles. The summed E-state index contributed by atoms with van der Waals surface area (Å²) in [6.45, 7) is 2.06. The van der Waals surface area contributed by atoms with Crippen LogP contribution in [0.5, 0.6) is 0 Å². The molecule has 0 radical (unpaired) electrons. The lowest BCUT2D eigenvalue weighted by Gasteiger charge is -2.28. The van der Waals surface area contributed by atoms with Crippen LogP contribution in [0.2, 0.25) is 0 Å². The van der Waals surface area contributed by atoms with Crippen molar-refractivity contribution in [3.63, 3.8) is 0 Å². The summed E-state index contributed by atoms with van der Waals surface area (Å²) in [6, 6.07) is -4.20. The van der Waals surface area contributed by atoms with Crippen LogP contribution < -0.4 is 27.8 Å². The smallest absolute Gasteiger partial charge is 0.326 e. The van der Waals surface area contributed by atoms with Gasteiger partial charge in [-0.05, 0) is 45.6 Å². The molecule has 12 heteroatoms. The van der Waals surface area contributed by atoms with E-state index in [1.165, 1.54) is 6.92 Å². The fourth-order valence-electron chi connectivity index (χ4n) is 3.23. The van der Waals surface area contributed by atoms with Crippen molar-refractivity contribution in [1.29, 1.82) is 0 Å². The number of nitrogens with one attached hydrogen (secondary N) is 2. The number of amides is 4. The lowest BCUT2D eigenvalue weighted by atomic mass is 10.1. The molecule has 0 aromatic rings. The molecule has 0 aromatic heterocycles. The zero-order valence-electron chi connectivity index (χ0n) is 17.1. The average molecular weight is 428 g/mol. The Morgan fingerprint density at radius 3 is 2.27 bits per heavy atom. The van der Waals surface area contributed by atoms with E-state index >= 15 is 0 Å². The number of unbranched alkanes of at least 4 members (excludes halogenated alkanes) is 1. The number of rotatable bonds is 12. The van der Waals surface area contributed by atoms with Crippen molar-refractivity contribution in [2.24, 2.45) is 17.2 Å². The standard InChI is InChI=1S/C18H32N6O6/c1-10(20)15(26)22-11(5-2-3-7-19)16(27)23-12(9-14(21)25)17(28)24-8-4-6-13(24)18(29)30/h10-13H,2-9,19-20H2,1H3,(H2,21,25)(H,22,26)(H,23,27)(H,29,30). The number of nitrogens with zero attached hydrogens (tertiary/aromatic N) is 1. The topological polar surface area (TPSA) is 211 Å². The molecule has 1 aliphatic heterocycles. The van der Waals surface area contributed by atoms with Crippen LogP contribution in [0.15, 0.2) is 0 Å². The van der Waals surface area contributed by atoms with Crippen LogP contribution >= 0.6 is 0 Å². The first-order valence-corrected chi connectivity index (χ1v) is 9.96. The van der Waals surface area contributed by atoms with Crippen molar-refractivity contribution in [3.05, 3.63) is 0 Å². The van der Waals surface area contributed by atoms with Crippen LogP contribution in [-0.4, -0.2) is 76.9 Å². The number of carbonyl (C=O) groups excluding carboxylic acids is 4. The van der Waals surface area contributed by atoms with Crippen molar-refractivity contribution in [2.75, 3.05) is 13.1 Å². The van der Waals surface area contributed by atoms with Crippen LogP contribution in [0.4, 0.5) is 0 Å². The molecule has 0 bridgehead atoms. The maximum atomic E-state index is 12.9. The molecule has 170 valence electrons. The van der Waals surface area contributed by atoms with Gasteiger partial charge >= 0.3 is 5.97 Å². The summed E-state index contributed by atoms with van der Waals surface area (Å²) in [4.78, 5) is 61.6. The van der Waals surface area contributed by atoms with Gasteiger partial charge < -0.3 is 37.8 Å². The first-order chi connectivity index (χ1) is 14.1. The van der Waals surface area contributed by atoms with E-state index in [0.717, 1.165) is 4.90 Å². The number of carbonyl (C=O) groups is 5. The summed E-state index contributed by atoms with van der Waals surface area (Å²) in [5.41, 5.74) is 16.2. The molecule has 12 nitrogen and oxygen atoms in total. The fraction of sp³-hybridized carbons (Fsp3) is 0.722. The molecule has 4 atom stereocenters. The molecule has 30 heavy (non-hydrogen) atoms. The highest BCUT2D eigenvalue weighted by Gasteiger charge is 2.38. The number of nitrogens with two attached hydrogens (primary N) is 3. The second-order valence-corrected chi connectivity index (χ2v) is 7.39. The molecular weight excluding hydrogens is 396 g/mol. The maximum Gasteiger partial charge on any atom is 0.326 e. The van der Waals surface area contributed by atoms with Crippen LogP contribution in [-0.2, 0) is 24.0 Å². The monoisotopic (exact) mass is 428 g/mol. The van der Waals surface area contributed by atoms with E-state index in [0.29, 0.717) is 25.8 Å². The van der Waals surface area contributed by atoms with Gasteiger partial charge in [0.05, 0.1) is 12.5 Å². The molecule has 0 aromatic carbocycles. The molecule has 9 N–H and O–H groups in total. The van der Waals surface area contributed by atoms with E-state index in [1.807, 2.05) is 0 Å². The largest absolute Gasteiger partial charge is 0.480 e. The molecule has 0 aliphatic carbocycles. The number of hydrogen-bond acceptors (Lipinski definition) is 7. The Bertz CT molecular complexity index is 655. The van der Waals surface area contributed by atoms with E-state index in [2.05, 4.69) is 10.6 Å². The number of hydrogen-bond donors (Lipinski definition) is 6. The summed E-state index contributed by atoms with van der Waals surface area (Å²) in [5, 5.41) is 14.3. The predicted molar refractivity (Wildman–Crippen MR) is 107 cm³/mol. The molecular formula is C18H32N6O6. The molecule has 0 spiro atoms. The van der Waals surface area contributed by atoms with Crippen molar-refractivity contribution in [2.45, 2.75) is 69.6 Å². The predicted octanol–water partition coefficient (Wildman–Crippen LogP) is -2.62. The molecule has 1 rings (SSSR count). The Morgan fingerprint density at radius 1 is 1.10 bits per heavy atom. The Morgan fingerprint density at radius 2 is 1.73 bits per heavy atom. The Kier molecular flexibility index (Phi) is 10.2. The van der Waals surface area contributed by atoms with Crippen LogP contribution in [0, 0.1) is 0 Å². The fourth-order valence-corrected chi connectivity index (χ4v) is 3.23. The third-order valence-corrected chi connectivity index (χ3v) is 4.83. The van der Waals surface area contributed by atoms with Gasteiger partial charge in [0.1, 0.15) is 18.1 Å². The average Bonchev–Trinajstić information content (AvgIpc) is 3.15. The zero-order chi connectivity index (χ0) is 22.8.